The Morgan fingerprint density at radius 3 is 2.24 bits per heavy atom. The van der Waals surface area contributed by atoms with Gasteiger partial charge in [-0.05, 0) is 64.0 Å². The maximum atomic E-state index is 14.6. The molecule has 2 aromatic carbocycles. The second-order valence-electron chi connectivity index (χ2n) is 16.4. The van der Waals surface area contributed by atoms with Gasteiger partial charge in [0.2, 0.25) is 21.8 Å². The molecule has 2 aliphatic carbocycles. The molecule has 3 unspecified atom stereocenters. The average molecular weight is 764 g/mol. The summed E-state index contributed by atoms with van der Waals surface area (Å²) in [7, 11) is -2.28. The molecule has 2 heterocycles. The van der Waals surface area contributed by atoms with Gasteiger partial charge in [-0.2, -0.15) is 0 Å². The summed E-state index contributed by atoms with van der Waals surface area (Å²) >= 11 is 0. The lowest BCUT2D eigenvalue weighted by Crippen LogP contribution is -2.60. The number of ether oxygens (including phenoxy) is 3. The predicted molar refractivity (Wildman–Crippen MR) is 201 cm³/mol. The summed E-state index contributed by atoms with van der Waals surface area (Å²) in [6, 6.07) is 14.6. The molecule has 2 saturated carbocycles. The SMILES string of the molecule is COc1ccc2c(OC3CC(C(=O)NC4(C(=O)NS(=O)(=O)C5CC5)CC4)N(C(=O)C(NC(=O)OC(C)(C)C)C(C)(C)C)C3)cc(-c3ccccc3)nc2c1. The van der Waals surface area contributed by atoms with Crippen molar-refractivity contribution < 1.29 is 41.8 Å². The second kappa shape index (κ2) is 14.4. The third-order valence-electron chi connectivity index (χ3n) is 9.71. The fourth-order valence-corrected chi connectivity index (χ4v) is 7.87. The number of methoxy groups -OCH3 is 1. The quantitative estimate of drug-likeness (QED) is 0.252. The van der Waals surface area contributed by atoms with Crippen LogP contribution in [-0.2, 0) is 29.1 Å². The number of carbonyl (C=O) groups is 4. The number of rotatable bonds is 11. The number of carbonyl (C=O) groups excluding carboxylic acids is 4. The Balaban J connectivity index is 1.32. The van der Waals surface area contributed by atoms with Crippen LogP contribution >= 0.6 is 0 Å². The van der Waals surface area contributed by atoms with Crippen LogP contribution in [0.5, 0.6) is 11.5 Å². The smallest absolute Gasteiger partial charge is 0.408 e. The molecule has 1 aliphatic heterocycles. The molecule has 3 fully saturated rings. The van der Waals surface area contributed by atoms with Gasteiger partial charge in [-0.3, -0.25) is 19.1 Å². The lowest BCUT2D eigenvalue weighted by molar-refractivity contribution is -0.143. The Morgan fingerprint density at radius 2 is 1.65 bits per heavy atom. The molecule has 3 aliphatic rings. The molecule has 0 bridgehead atoms. The molecule has 290 valence electrons. The second-order valence-corrected chi connectivity index (χ2v) is 18.4. The third-order valence-corrected chi connectivity index (χ3v) is 11.5. The standard InChI is InChI=1S/C39H49N5O9S/c1-37(2,3)32(41-36(48)53-38(4,5)6)34(46)44-22-25(20-30(44)33(45)42-39(17-18-39)35(47)43-54(49,50)26-14-15-26)52-31-21-28(23-11-9-8-10-12-23)40-29-19-24(51-7)13-16-27(29)31/h8-13,16,19,21,25-26,30,32H,14-15,17-18,20,22H2,1-7H3,(H,41,48)(H,42,45)(H,43,47). The fourth-order valence-electron chi connectivity index (χ4n) is 6.49. The molecule has 6 rings (SSSR count). The van der Waals surface area contributed by atoms with Gasteiger partial charge in [-0.25, -0.2) is 18.2 Å². The first-order valence-corrected chi connectivity index (χ1v) is 19.7. The molecule has 3 aromatic rings. The van der Waals surface area contributed by atoms with Crippen LogP contribution in [0.3, 0.4) is 0 Å². The van der Waals surface area contributed by atoms with Gasteiger partial charge in [0.05, 0.1) is 30.1 Å². The number of alkyl carbamates (subject to hydrolysis) is 1. The van der Waals surface area contributed by atoms with Crippen molar-refractivity contribution >= 4 is 44.7 Å². The van der Waals surface area contributed by atoms with E-state index in [-0.39, 0.29) is 25.8 Å². The summed E-state index contributed by atoms with van der Waals surface area (Å²) in [6.07, 6.45) is -0.0250. The van der Waals surface area contributed by atoms with Crippen molar-refractivity contribution in [2.24, 2.45) is 5.41 Å². The van der Waals surface area contributed by atoms with Crippen molar-refractivity contribution in [1.29, 1.82) is 0 Å². The van der Waals surface area contributed by atoms with E-state index < -0.39 is 73.8 Å². The van der Waals surface area contributed by atoms with Crippen molar-refractivity contribution in [3.8, 4) is 22.8 Å². The number of fused-ring (bicyclic) bond motifs is 1. The van der Waals surface area contributed by atoms with E-state index >= 15 is 0 Å². The highest BCUT2D eigenvalue weighted by Gasteiger charge is 2.55. The van der Waals surface area contributed by atoms with Crippen LogP contribution in [0, 0.1) is 5.41 Å². The molecule has 1 saturated heterocycles. The van der Waals surface area contributed by atoms with Crippen LogP contribution in [0.25, 0.3) is 22.2 Å². The molecule has 0 radical (unpaired) electrons. The summed E-state index contributed by atoms with van der Waals surface area (Å²) in [4.78, 5) is 61.2. The lowest BCUT2D eigenvalue weighted by atomic mass is 9.85. The number of hydrogen-bond acceptors (Lipinski definition) is 10. The van der Waals surface area contributed by atoms with E-state index in [1.807, 2.05) is 42.5 Å². The van der Waals surface area contributed by atoms with Crippen LogP contribution in [0.2, 0.25) is 0 Å². The average Bonchev–Trinajstić information content (AvgIpc) is 4.03. The van der Waals surface area contributed by atoms with E-state index in [0.29, 0.717) is 40.9 Å². The molecule has 4 amide bonds. The van der Waals surface area contributed by atoms with E-state index in [2.05, 4.69) is 15.4 Å². The van der Waals surface area contributed by atoms with Gasteiger partial charge in [-0.1, -0.05) is 51.1 Å². The number of likely N-dealkylation sites (tertiary alicyclic amines) is 1. The maximum absolute atomic E-state index is 14.6. The number of hydrogen-bond donors (Lipinski definition) is 3. The highest BCUT2D eigenvalue weighted by Crippen LogP contribution is 2.39. The van der Waals surface area contributed by atoms with Crippen molar-refractivity contribution in [2.45, 2.75) is 108 Å². The first-order valence-electron chi connectivity index (χ1n) is 18.2. The third kappa shape index (κ3) is 8.72. The Labute approximate surface area is 315 Å². The van der Waals surface area contributed by atoms with Crippen molar-refractivity contribution in [3.05, 3.63) is 54.6 Å². The molecule has 1 aromatic heterocycles. The number of aromatic nitrogens is 1. The summed E-state index contributed by atoms with van der Waals surface area (Å²) < 4.78 is 44.9. The van der Waals surface area contributed by atoms with E-state index in [1.165, 1.54) is 4.90 Å². The van der Waals surface area contributed by atoms with Gasteiger partial charge >= 0.3 is 6.09 Å². The zero-order chi connectivity index (χ0) is 39.2. The van der Waals surface area contributed by atoms with E-state index in [9.17, 15) is 27.6 Å². The number of nitrogens with zero attached hydrogens (tertiary/aromatic N) is 2. The minimum atomic E-state index is -3.85. The Bertz CT molecular complexity index is 2050. The first kappa shape index (κ1) is 38.8. The first-order chi connectivity index (χ1) is 25.3. The van der Waals surface area contributed by atoms with Gasteiger partial charge in [0, 0.05) is 29.5 Å². The topological polar surface area (TPSA) is 182 Å². The fraction of sp³-hybridized carbons (Fsp3) is 0.513. The number of amides is 4. The maximum Gasteiger partial charge on any atom is 0.408 e. The minimum Gasteiger partial charge on any atom is -0.497 e. The summed E-state index contributed by atoms with van der Waals surface area (Å²) in [5, 5.41) is 5.57. The summed E-state index contributed by atoms with van der Waals surface area (Å²) in [5.74, 6) is -0.890. The highest BCUT2D eigenvalue weighted by molar-refractivity contribution is 7.91. The van der Waals surface area contributed by atoms with Gasteiger partial charge in [0.15, 0.2) is 0 Å². The van der Waals surface area contributed by atoms with Gasteiger partial charge in [0.25, 0.3) is 5.91 Å². The van der Waals surface area contributed by atoms with Crippen molar-refractivity contribution in [3.63, 3.8) is 0 Å². The molecule has 14 nitrogen and oxygen atoms in total. The van der Waals surface area contributed by atoms with Crippen LogP contribution in [-0.4, -0.2) is 90.3 Å². The Kier molecular flexibility index (Phi) is 10.3. The molecule has 54 heavy (non-hydrogen) atoms. The Hall–Kier alpha value is -4.92. The molecule has 3 N–H and O–H groups in total. The van der Waals surface area contributed by atoms with E-state index in [0.717, 1.165) is 5.56 Å². The van der Waals surface area contributed by atoms with Crippen molar-refractivity contribution in [2.75, 3.05) is 13.7 Å². The zero-order valence-electron chi connectivity index (χ0n) is 31.7. The predicted octanol–water partition coefficient (Wildman–Crippen LogP) is 4.46. The summed E-state index contributed by atoms with van der Waals surface area (Å²) in [6.45, 7) is 10.5. The number of nitrogens with one attached hydrogen (secondary N) is 3. The van der Waals surface area contributed by atoms with Crippen LogP contribution in [0.4, 0.5) is 4.79 Å². The molecule has 3 atom stereocenters. The number of benzene rings is 2. The van der Waals surface area contributed by atoms with Crippen molar-refractivity contribution in [1.82, 2.24) is 25.2 Å². The van der Waals surface area contributed by atoms with Gasteiger partial charge in [-0.15, -0.1) is 0 Å². The number of pyridine rings is 1. The van der Waals surface area contributed by atoms with E-state index in [4.69, 9.17) is 19.2 Å². The van der Waals surface area contributed by atoms with Gasteiger partial charge < -0.3 is 29.7 Å². The van der Waals surface area contributed by atoms with Crippen LogP contribution in [0.1, 0.15) is 73.6 Å². The van der Waals surface area contributed by atoms with Gasteiger partial charge in [0.1, 0.15) is 40.8 Å². The lowest BCUT2D eigenvalue weighted by Gasteiger charge is -2.36. The van der Waals surface area contributed by atoms with E-state index in [1.54, 1.807) is 60.8 Å². The largest absolute Gasteiger partial charge is 0.497 e. The molecule has 0 spiro atoms. The minimum absolute atomic E-state index is 0.0323. The molecular weight excluding hydrogens is 715 g/mol. The van der Waals surface area contributed by atoms with Crippen LogP contribution < -0.4 is 24.8 Å². The van der Waals surface area contributed by atoms with Crippen LogP contribution in [0.15, 0.2) is 54.6 Å². The highest BCUT2D eigenvalue weighted by atomic mass is 32.2. The zero-order valence-corrected chi connectivity index (χ0v) is 32.5. The monoisotopic (exact) mass is 763 g/mol. The Morgan fingerprint density at radius 1 is 0.963 bits per heavy atom. The molecular formula is C39H49N5O9S. The molecule has 15 heteroatoms. The normalized spacial score (nSPS) is 20.1. The number of sulfonamides is 1. The summed E-state index contributed by atoms with van der Waals surface area (Å²) in [5.41, 5.74) is -0.951.